The van der Waals surface area contributed by atoms with Crippen molar-refractivity contribution in [1.29, 1.82) is 0 Å². The van der Waals surface area contributed by atoms with Gasteiger partial charge >= 0.3 is 5.97 Å². The molecular weight excluding hydrogens is 352 g/mol. The molecule has 1 atom stereocenters. The van der Waals surface area contributed by atoms with Crippen LogP contribution in [0.4, 0.5) is 5.69 Å². The lowest BCUT2D eigenvalue weighted by molar-refractivity contribution is -0.147. The van der Waals surface area contributed by atoms with Gasteiger partial charge in [0.2, 0.25) is 0 Å². The van der Waals surface area contributed by atoms with Gasteiger partial charge in [-0.05, 0) is 30.5 Å². The number of ether oxygens (including phenoxy) is 2. The average Bonchev–Trinajstić information content (AvgIpc) is 3.16. The SMILES string of the molecule is CCC(C(=O)OCC(C)C)N1C(=O)COc2ccc(-c3cscn3)cc21. The van der Waals surface area contributed by atoms with Gasteiger partial charge in [0.05, 0.1) is 23.5 Å². The lowest BCUT2D eigenvalue weighted by atomic mass is 10.1. The molecule has 1 aliphatic heterocycles. The second-order valence-corrected chi connectivity index (χ2v) is 7.28. The molecule has 7 heteroatoms. The number of hydrogen-bond donors (Lipinski definition) is 0. The first-order valence-corrected chi connectivity index (χ1v) is 9.59. The van der Waals surface area contributed by atoms with Crippen molar-refractivity contribution in [2.24, 2.45) is 5.92 Å². The Kier molecular flexibility index (Phi) is 5.56. The van der Waals surface area contributed by atoms with Gasteiger partial charge in [0.1, 0.15) is 11.8 Å². The summed E-state index contributed by atoms with van der Waals surface area (Å²) >= 11 is 1.50. The van der Waals surface area contributed by atoms with E-state index in [9.17, 15) is 9.59 Å². The number of carbonyl (C=O) groups is 2. The second kappa shape index (κ2) is 7.86. The monoisotopic (exact) mass is 374 g/mol. The molecule has 0 spiro atoms. The van der Waals surface area contributed by atoms with Gasteiger partial charge in [-0.1, -0.05) is 20.8 Å². The fourth-order valence-electron chi connectivity index (χ4n) is 2.83. The van der Waals surface area contributed by atoms with Crippen LogP contribution in [0.1, 0.15) is 27.2 Å². The predicted molar refractivity (Wildman–Crippen MR) is 100 cm³/mol. The summed E-state index contributed by atoms with van der Waals surface area (Å²) in [6.07, 6.45) is 0.461. The van der Waals surface area contributed by atoms with Crippen LogP contribution in [0.3, 0.4) is 0 Å². The van der Waals surface area contributed by atoms with Crippen molar-refractivity contribution in [2.45, 2.75) is 33.2 Å². The number of thiazole rings is 1. The summed E-state index contributed by atoms with van der Waals surface area (Å²) in [5.74, 6) is 0.182. The van der Waals surface area contributed by atoms with E-state index in [2.05, 4.69) is 4.98 Å². The van der Waals surface area contributed by atoms with E-state index in [1.165, 1.54) is 16.2 Å². The quantitative estimate of drug-likeness (QED) is 0.724. The van der Waals surface area contributed by atoms with E-state index in [1.54, 1.807) is 5.51 Å². The third kappa shape index (κ3) is 3.72. The van der Waals surface area contributed by atoms with Gasteiger partial charge in [0.25, 0.3) is 5.91 Å². The highest BCUT2D eigenvalue weighted by molar-refractivity contribution is 7.07. The van der Waals surface area contributed by atoms with Crippen LogP contribution in [-0.2, 0) is 14.3 Å². The summed E-state index contributed by atoms with van der Waals surface area (Å²) < 4.78 is 10.9. The van der Waals surface area contributed by atoms with Crippen LogP contribution in [-0.4, -0.2) is 36.1 Å². The van der Waals surface area contributed by atoms with Gasteiger partial charge in [-0.15, -0.1) is 11.3 Å². The lowest BCUT2D eigenvalue weighted by Gasteiger charge is -2.34. The zero-order chi connectivity index (χ0) is 18.7. The summed E-state index contributed by atoms with van der Waals surface area (Å²) in [7, 11) is 0. The van der Waals surface area contributed by atoms with E-state index >= 15 is 0 Å². The van der Waals surface area contributed by atoms with Gasteiger partial charge in [-0.2, -0.15) is 0 Å². The summed E-state index contributed by atoms with van der Waals surface area (Å²) in [5, 5.41) is 1.94. The number of aromatic nitrogens is 1. The topological polar surface area (TPSA) is 68.7 Å². The maximum Gasteiger partial charge on any atom is 0.329 e. The van der Waals surface area contributed by atoms with Crippen LogP contribution in [0, 0.1) is 5.92 Å². The summed E-state index contributed by atoms with van der Waals surface area (Å²) in [6, 6.07) is 4.89. The van der Waals surface area contributed by atoms with Gasteiger partial charge in [0.15, 0.2) is 6.61 Å². The molecule has 0 radical (unpaired) electrons. The normalized spacial score (nSPS) is 14.8. The highest BCUT2D eigenvalue weighted by atomic mass is 32.1. The fraction of sp³-hybridized carbons (Fsp3) is 0.421. The van der Waals surface area contributed by atoms with Crippen molar-refractivity contribution in [3.8, 4) is 17.0 Å². The zero-order valence-electron chi connectivity index (χ0n) is 15.1. The standard InChI is InChI=1S/C19H22N2O4S/c1-4-15(19(23)25-8-12(2)3)21-16-7-13(14-10-26-11-20-14)5-6-17(16)24-9-18(21)22/h5-7,10-12,15H,4,8-9H2,1-3H3. The molecule has 26 heavy (non-hydrogen) atoms. The van der Waals surface area contributed by atoms with Crippen LogP contribution >= 0.6 is 11.3 Å². The fourth-order valence-corrected chi connectivity index (χ4v) is 3.39. The van der Waals surface area contributed by atoms with Crippen LogP contribution in [0.15, 0.2) is 29.1 Å². The van der Waals surface area contributed by atoms with E-state index < -0.39 is 6.04 Å². The van der Waals surface area contributed by atoms with Crippen LogP contribution in [0.25, 0.3) is 11.3 Å². The molecule has 1 aromatic carbocycles. The molecule has 3 rings (SSSR count). The third-order valence-corrected chi connectivity index (χ3v) is 4.68. The predicted octanol–water partition coefficient (Wildman–Crippen LogP) is 3.51. The number of hydrogen-bond acceptors (Lipinski definition) is 6. The summed E-state index contributed by atoms with van der Waals surface area (Å²) in [4.78, 5) is 31.0. The molecule has 1 amide bonds. The van der Waals surface area contributed by atoms with Crippen molar-refractivity contribution in [3.63, 3.8) is 0 Å². The van der Waals surface area contributed by atoms with E-state index in [0.29, 0.717) is 24.5 Å². The Labute approximate surface area is 156 Å². The molecule has 1 aromatic heterocycles. The van der Waals surface area contributed by atoms with E-state index in [4.69, 9.17) is 9.47 Å². The molecule has 0 aliphatic carbocycles. The number of esters is 1. The summed E-state index contributed by atoms with van der Waals surface area (Å²) in [6.45, 7) is 6.07. The van der Waals surface area contributed by atoms with Crippen LogP contribution in [0.5, 0.6) is 5.75 Å². The number of anilines is 1. The zero-order valence-corrected chi connectivity index (χ0v) is 15.9. The molecule has 0 fully saturated rings. The van der Waals surface area contributed by atoms with Crippen molar-refractivity contribution < 1.29 is 19.1 Å². The largest absolute Gasteiger partial charge is 0.482 e. The maximum absolute atomic E-state index is 12.6. The number of fused-ring (bicyclic) bond motifs is 1. The Hall–Kier alpha value is -2.41. The lowest BCUT2D eigenvalue weighted by Crippen LogP contribution is -2.50. The number of benzene rings is 1. The number of amides is 1. The second-order valence-electron chi connectivity index (χ2n) is 6.56. The Bertz CT molecular complexity index is 789. The van der Waals surface area contributed by atoms with Crippen molar-refractivity contribution in [2.75, 3.05) is 18.1 Å². The van der Waals surface area contributed by atoms with Crippen molar-refractivity contribution in [3.05, 3.63) is 29.1 Å². The van der Waals surface area contributed by atoms with Crippen LogP contribution in [0.2, 0.25) is 0 Å². The van der Waals surface area contributed by atoms with Crippen molar-refractivity contribution in [1.82, 2.24) is 4.98 Å². The number of rotatable bonds is 6. The van der Waals surface area contributed by atoms with Gasteiger partial charge in [0, 0.05) is 10.9 Å². The minimum absolute atomic E-state index is 0.0863. The minimum Gasteiger partial charge on any atom is -0.482 e. The molecule has 2 aromatic rings. The molecule has 6 nitrogen and oxygen atoms in total. The first kappa shape index (κ1) is 18.4. The third-order valence-electron chi connectivity index (χ3n) is 4.10. The molecule has 0 N–H and O–H groups in total. The molecule has 2 heterocycles. The van der Waals surface area contributed by atoms with Crippen LogP contribution < -0.4 is 9.64 Å². The van der Waals surface area contributed by atoms with E-state index in [-0.39, 0.29) is 24.4 Å². The van der Waals surface area contributed by atoms with Gasteiger partial charge < -0.3 is 9.47 Å². The maximum atomic E-state index is 12.6. The smallest absolute Gasteiger partial charge is 0.329 e. The van der Waals surface area contributed by atoms with Gasteiger partial charge in [-0.25, -0.2) is 9.78 Å². The molecular formula is C19H22N2O4S. The van der Waals surface area contributed by atoms with E-state index in [1.807, 2.05) is 44.4 Å². The Morgan fingerprint density at radius 1 is 1.42 bits per heavy atom. The Balaban J connectivity index is 1.95. The molecule has 1 aliphatic rings. The molecule has 0 bridgehead atoms. The highest BCUT2D eigenvalue weighted by Crippen LogP contribution is 2.37. The molecule has 0 saturated heterocycles. The molecule has 1 unspecified atom stereocenters. The molecule has 138 valence electrons. The average molecular weight is 374 g/mol. The Morgan fingerprint density at radius 2 is 2.23 bits per heavy atom. The first-order valence-electron chi connectivity index (χ1n) is 8.65. The minimum atomic E-state index is -0.672. The number of nitrogens with zero attached hydrogens (tertiary/aromatic N) is 2. The number of carbonyl (C=O) groups excluding carboxylic acids is 2. The van der Waals surface area contributed by atoms with Crippen molar-refractivity contribution >= 4 is 28.9 Å². The van der Waals surface area contributed by atoms with Gasteiger partial charge in [-0.3, -0.25) is 9.69 Å². The Morgan fingerprint density at radius 3 is 2.88 bits per heavy atom. The molecule has 0 saturated carbocycles. The summed E-state index contributed by atoms with van der Waals surface area (Å²) in [5.41, 5.74) is 4.04. The highest BCUT2D eigenvalue weighted by Gasteiger charge is 2.36. The first-order chi connectivity index (χ1) is 12.5. The van der Waals surface area contributed by atoms with E-state index in [0.717, 1.165) is 11.3 Å².